The predicted molar refractivity (Wildman–Crippen MR) is 68.5 cm³/mol. The first-order valence-corrected chi connectivity index (χ1v) is 7.92. The highest BCUT2D eigenvalue weighted by atomic mass is 31.2. The first-order valence-electron chi connectivity index (χ1n) is 6.24. The van der Waals surface area contributed by atoms with Gasteiger partial charge in [0.1, 0.15) is 0 Å². The highest BCUT2D eigenvalue weighted by Crippen LogP contribution is 2.53. The summed E-state index contributed by atoms with van der Waals surface area (Å²) in [5, 5.41) is 18.4. The smallest absolute Gasteiger partial charge is 0.323 e. The first-order chi connectivity index (χ1) is 8.37. The third-order valence-electron chi connectivity index (χ3n) is 3.16. The molecule has 18 heavy (non-hydrogen) atoms. The number of rotatable bonds is 8. The third-order valence-corrected chi connectivity index (χ3v) is 4.44. The fourth-order valence-electron chi connectivity index (χ4n) is 2.08. The maximum absolute atomic E-state index is 11.4. The van der Waals surface area contributed by atoms with Crippen LogP contribution < -0.4 is 0 Å². The zero-order valence-corrected chi connectivity index (χ0v) is 11.9. The van der Waals surface area contributed by atoms with E-state index in [0.717, 1.165) is 12.8 Å². The summed E-state index contributed by atoms with van der Waals surface area (Å²) in [7, 11) is -4.58. The van der Waals surface area contributed by atoms with E-state index in [4.69, 9.17) is 5.26 Å². The van der Waals surface area contributed by atoms with Crippen molar-refractivity contribution < 1.29 is 14.4 Å². The Kier molecular flexibility index (Phi) is 7.18. The van der Waals surface area contributed by atoms with Crippen molar-refractivity contribution in [3.05, 3.63) is 0 Å². The monoisotopic (exact) mass is 272 g/mol. The molecule has 0 aliphatic heterocycles. The number of nitriles is 2. The molecule has 0 fully saturated rings. The van der Waals surface area contributed by atoms with E-state index in [1.807, 2.05) is 19.9 Å². The molecule has 0 heterocycles. The summed E-state index contributed by atoms with van der Waals surface area (Å²) in [5.41, 5.74) is -2.74. The van der Waals surface area contributed by atoms with E-state index in [-0.39, 0.29) is 0 Å². The zero-order chi connectivity index (χ0) is 14.2. The third kappa shape index (κ3) is 4.42. The minimum atomic E-state index is -4.58. The van der Waals surface area contributed by atoms with Crippen molar-refractivity contribution in [2.75, 3.05) is 0 Å². The van der Waals surface area contributed by atoms with Gasteiger partial charge in [-0.15, -0.1) is 0 Å². The fraction of sp³-hybridized carbons (Fsp3) is 0.833. The standard InChI is InChI=1S/C12H21N2O3P/c1-3-5-7-12(10-14,8-6-4-2)11(9-13)18(15,16)17/h11H,3-8H2,1-2H3,(H2,15,16,17). The van der Waals surface area contributed by atoms with Crippen LogP contribution in [-0.4, -0.2) is 15.4 Å². The lowest BCUT2D eigenvalue weighted by Crippen LogP contribution is -2.33. The Hall–Kier alpha value is -0.870. The van der Waals surface area contributed by atoms with Crippen LogP contribution in [0.25, 0.3) is 0 Å². The molecule has 0 aliphatic rings. The normalized spacial score (nSPS) is 13.7. The van der Waals surface area contributed by atoms with Gasteiger partial charge < -0.3 is 9.79 Å². The minimum Gasteiger partial charge on any atom is -0.323 e. The van der Waals surface area contributed by atoms with Gasteiger partial charge in [-0.25, -0.2) is 0 Å². The first kappa shape index (κ1) is 17.1. The molecule has 5 nitrogen and oxygen atoms in total. The average Bonchev–Trinajstić information content (AvgIpc) is 2.31. The molecule has 0 spiro atoms. The maximum atomic E-state index is 11.4. The Bertz CT molecular complexity index is 370. The van der Waals surface area contributed by atoms with E-state index in [9.17, 15) is 19.6 Å². The molecule has 0 saturated heterocycles. The second-order valence-electron chi connectivity index (χ2n) is 4.60. The number of hydrogen-bond donors (Lipinski definition) is 2. The van der Waals surface area contributed by atoms with E-state index in [1.54, 1.807) is 6.07 Å². The molecule has 0 saturated carbocycles. The molecule has 6 heteroatoms. The van der Waals surface area contributed by atoms with E-state index >= 15 is 0 Å². The lowest BCUT2D eigenvalue weighted by molar-refractivity contribution is 0.279. The van der Waals surface area contributed by atoms with Gasteiger partial charge in [0.25, 0.3) is 0 Å². The molecule has 0 radical (unpaired) electrons. The summed E-state index contributed by atoms with van der Waals surface area (Å²) in [6, 6.07) is 3.69. The molecule has 0 aliphatic carbocycles. The van der Waals surface area contributed by atoms with Gasteiger partial charge in [-0.1, -0.05) is 39.5 Å². The average molecular weight is 272 g/mol. The van der Waals surface area contributed by atoms with Crippen LogP contribution in [0.15, 0.2) is 0 Å². The summed E-state index contributed by atoms with van der Waals surface area (Å²) in [6.07, 6.45) is 3.77. The van der Waals surface area contributed by atoms with Crippen LogP contribution in [0.2, 0.25) is 0 Å². The Labute approximate surface area is 109 Å². The summed E-state index contributed by atoms with van der Waals surface area (Å²) >= 11 is 0. The van der Waals surface area contributed by atoms with E-state index in [0.29, 0.717) is 25.7 Å². The molecular formula is C12H21N2O3P. The summed E-state index contributed by atoms with van der Waals surface area (Å²) in [6.45, 7) is 3.89. The SMILES string of the molecule is CCCCC(C#N)(CCCC)C(C#N)P(=O)(O)O. The second kappa shape index (κ2) is 7.54. The topological polar surface area (TPSA) is 105 Å². The maximum Gasteiger partial charge on any atom is 0.344 e. The highest BCUT2D eigenvalue weighted by Gasteiger charge is 2.48. The predicted octanol–water partition coefficient (Wildman–Crippen LogP) is 2.95. The molecule has 0 aromatic heterocycles. The van der Waals surface area contributed by atoms with Crippen molar-refractivity contribution in [3.63, 3.8) is 0 Å². The van der Waals surface area contributed by atoms with Gasteiger partial charge in [0.2, 0.25) is 0 Å². The van der Waals surface area contributed by atoms with Gasteiger partial charge in [0.05, 0.1) is 17.6 Å². The Morgan fingerprint density at radius 3 is 1.83 bits per heavy atom. The highest BCUT2D eigenvalue weighted by molar-refractivity contribution is 7.53. The van der Waals surface area contributed by atoms with Crippen molar-refractivity contribution in [3.8, 4) is 12.1 Å². The van der Waals surface area contributed by atoms with Crippen LogP contribution >= 0.6 is 7.60 Å². The molecule has 0 rings (SSSR count). The zero-order valence-electron chi connectivity index (χ0n) is 11.0. The van der Waals surface area contributed by atoms with Gasteiger partial charge >= 0.3 is 7.60 Å². The summed E-state index contributed by atoms with van der Waals surface area (Å²) in [5.74, 6) is 0. The molecule has 0 aromatic rings. The summed E-state index contributed by atoms with van der Waals surface area (Å²) < 4.78 is 11.4. The van der Waals surface area contributed by atoms with Gasteiger partial charge in [0.15, 0.2) is 5.66 Å². The van der Waals surface area contributed by atoms with E-state index < -0.39 is 18.7 Å². The van der Waals surface area contributed by atoms with Gasteiger partial charge in [-0.3, -0.25) is 4.57 Å². The van der Waals surface area contributed by atoms with Crippen molar-refractivity contribution in [2.45, 2.75) is 58.0 Å². The lowest BCUT2D eigenvalue weighted by Gasteiger charge is -2.31. The number of unbranched alkanes of at least 4 members (excludes halogenated alkanes) is 2. The van der Waals surface area contributed by atoms with Crippen LogP contribution in [0.1, 0.15) is 52.4 Å². The molecule has 0 amide bonds. The van der Waals surface area contributed by atoms with Crippen molar-refractivity contribution in [1.29, 1.82) is 10.5 Å². The Morgan fingerprint density at radius 1 is 1.17 bits per heavy atom. The Morgan fingerprint density at radius 2 is 1.61 bits per heavy atom. The molecular weight excluding hydrogens is 251 g/mol. The molecule has 1 unspecified atom stereocenters. The van der Waals surface area contributed by atoms with Crippen LogP contribution in [0.5, 0.6) is 0 Å². The van der Waals surface area contributed by atoms with Crippen molar-refractivity contribution in [2.24, 2.45) is 5.41 Å². The van der Waals surface area contributed by atoms with Gasteiger partial charge in [0, 0.05) is 0 Å². The quantitative estimate of drug-likeness (QED) is 0.661. The largest absolute Gasteiger partial charge is 0.344 e. The van der Waals surface area contributed by atoms with Crippen molar-refractivity contribution in [1.82, 2.24) is 0 Å². The molecule has 2 N–H and O–H groups in total. The van der Waals surface area contributed by atoms with Crippen LogP contribution in [0.3, 0.4) is 0 Å². The van der Waals surface area contributed by atoms with Gasteiger partial charge in [-0.05, 0) is 12.8 Å². The second-order valence-corrected chi connectivity index (χ2v) is 6.29. The molecule has 1 atom stereocenters. The van der Waals surface area contributed by atoms with Crippen LogP contribution in [0.4, 0.5) is 0 Å². The number of nitrogens with zero attached hydrogens (tertiary/aromatic N) is 2. The van der Waals surface area contributed by atoms with Crippen LogP contribution in [0, 0.1) is 28.1 Å². The Balaban J connectivity index is 5.34. The van der Waals surface area contributed by atoms with E-state index in [2.05, 4.69) is 0 Å². The number of hydrogen-bond acceptors (Lipinski definition) is 3. The van der Waals surface area contributed by atoms with Crippen molar-refractivity contribution >= 4 is 7.60 Å². The molecule has 102 valence electrons. The minimum absolute atomic E-state index is 0.364. The van der Waals surface area contributed by atoms with E-state index in [1.165, 1.54) is 0 Å². The lowest BCUT2D eigenvalue weighted by atomic mass is 9.77. The molecule has 0 aromatic carbocycles. The summed E-state index contributed by atoms with van der Waals surface area (Å²) in [4.78, 5) is 18.6. The van der Waals surface area contributed by atoms with Crippen LogP contribution in [-0.2, 0) is 4.57 Å². The van der Waals surface area contributed by atoms with Gasteiger partial charge in [-0.2, -0.15) is 10.5 Å². The molecule has 0 bridgehead atoms. The fourth-order valence-corrected chi connectivity index (χ4v) is 3.19.